The molecule has 0 saturated carbocycles. The lowest BCUT2D eigenvalue weighted by molar-refractivity contribution is -0.122. The van der Waals surface area contributed by atoms with Crippen molar-refractivity contribution in [3.63, 3.8) is 0 Å². The van der Waals surface area contributed by atoms with Crippen LogP contribution < -0.4 is 11.5 Å². The fourth-order valence-corrected chi connectivity index (χ4v) is 2.18. The zero-order valence-electron chi connectivity index (χ0n) is 10.5. The van der Waals surface area contributed by atoms with Crippen molar-refractivity contribution in [1.82, 2.24) is 9.55 Å². The number of carbonyl (C=O) groups excluding carboxylic acids is 1. The molecule has 0 bridgehead atoms. The highest BCUT2D eigenvalue weighted by atomic mass is 19.2. The summed E-state index contributed by atoms with van der Waals surface area (Å²) in [6.07, 6.45) is 0. The number of rotatable bonds is 3. The van der Waals surface area contributed by atoms with Crippen molar-refractivity contribution >= 4 is 22.9 Å². The lowest BCUT2D eigenvalue weighted by Crippen LogP contribution is -2.31. The highest BCUT2D eigenvalue weighted by Crippen LogP contribution is 2.29. The molecule has 5 nitrogen and oxygen atoms in total. The summed E-state index contributed by atoms with van der Waals surface area (Å²) in [5.41, 5.74) is 11.1. The largest absolute Gasteiger partial charge is 0.369 e. The molecule has 1 aromatic heterocycles. The zero-order chi connectivity index (χ0) is 14.3. The first-order valence-electron chi connectivity index (χ1n) is 5.75. The molecule has 0 saturated heterocycles. The van der Waals surface area contributed by atoms with Crippen LogP contribution in [-0.2, 0) is 4.79 Å². The van der Waals surface area contributed by atoms with Crippen molar-refractivity contribution in [3.05, 3.63) is 23.8 Å². The third-order valence-corrected chi connectivity index (χ3v) is 2.97. The first-order valence-corrected chi connectivity index (χ1v) is 5.75. The zero-order valence-corrected chi connectivity index (χ0v) is 10.5. The molecule has 1 amide bonds. The summed E-state index contributed by atoms with van der Waals surface area (Å²) in [5, 5.41) is 0. The van der Waals surface area contributed by atoms with E-state index in [4.69, 9.17) is 11.5 Å². The topological polar surface area (TPSA) is 86.9 Å². The van der Waals surface area contributed by atoms with Crippen LogP contribution in [-0.4, -0.2) is 15.5 Å². The van der Waals surface area contributed by atoms with Crippen molar-refractivity contribution in [1.29, 1.82) is 0 Å². The normalized spacial score (nSPS) is 13.1. The van der Waals surface area contributed by atoms with E-state index >= 15 is 0 Å². The van der Waals surface area contributed by atoms with Gasteiger partial charge in [-0.25, -0.2) is 13.8 Å². The van der Waals surface area contributed by atoms with E-state index in [0.717, 1.165) is 10.6 Å². The predicted octanol–water partition coefficient (Wildman–Crippen LogP) is 1.58. The molecule has 2 rings (SSSR count). The Balaban J connectivity index is 2.82. The second-order valence-electron chi connectivity index (χ2n) is 4.66. The molecule has 1 aromatic carbocycles. The van der Waals surface area contributed by atoms with Crippen molar-refractivity contribution in [2.24, 2.45) is 11.7 Å². The van der Waals surface area contributed by atoms with Gasteiger partial charge >= 0.3 is 0 Å². The van der Waals surface area contributed by atoms with Gasteiger partial charge in [0, 0.05) is 0 Å². The Hall–Kier alpha value is -2.18. The SMILES string of the molecule is CC(C)C(C(N)=O)n1c(N)nc2ccc(F)c(F)c21. The predicted molar refractivity (Wildman–Crippen MR) is 67.1 cm³/mol. The van der Waals surface area contributed by atoms with Crippen LogP contribution in [0.3, 0.4) is 0 Å². The first kappa shape index (κ1) is 13.3. The molecule has 2 aromatic rings. The van der Waals surface area contributed by atoms with Gasteiger partial charge < -0.3 is 11.5 Å². The fraction of sp³-hybridized carbons (Fsp3) is 0.333. The highest BCUT2D eigenvalue weighted by molar-refractivity contribution is 5.85. The molecule has 0 aliphatic heterocycles. The maximum absolute atomic E-state index is 13.9. The van der Waals surface area contributed by atoms with Crippen LogP contribution in [0.15, 0.2) is 12.1 Å². The number of aromatic nitrogens is 2. The molecule has 0 fully saturated rings. The summed E-state index contributed by atoms with van der Waals surface area (Å²) in [4.78, 5) is 15.5. The summed E-state index contributed by atoms with van der Waals surface area (Å²) in [6.45, 7) is 3.47. The number of nitrogens with two attached hydrogens (primary N) is 2. The van der Waals surface area contributed by atoms with Crippen molar-refractivity contribution < 1.29 is 13.6 Å². The monoisotopic (exact) mass is 268 g/mol. The van der Waals surface area contributed by atoms with Gasteiger partial charge in [-0.2, -0.15) is 0 Å². The second-order valence-corrected chi connectivity index (χ2v) is 4.66. The van der Waals surface area contributed by atoms with E-state index in [0.29, 0.717) is 0 Å². The number of carbonyl (C=O) groups is 1. The first-order chi connectivity index (χ1) is 8.84. The molecular formula is C12H14F2N4O. The average molecular weight is 268 g/mol. The number of benzene rings is 1. The van der Waals surface area contributed by atoms with Crippen molar-refractivity contribution in [2.75, 3.05) is 5.73 Å². The van der Waals surface area contributed by atoms with Gasteiger partial charge in [-0.1, -0.05) is 13.8 Å². The Bertz CT molecular complexity index is 651. The molecule has 1 unspecified atom stereocenters. The Kier molecular flexibility index (Phi) is 3.13. The summed E-state index contributed by atoms with van der Waals surface area (Å²) < 4.78 is 28.4. The summed E-state index contributed by atoms with van der Waals surface area (Å²) in [5.74, 6) is -3.10. The number of hydrogen-bond acceptors (Lipinski definition) is 3. The van der Waals surface area contributed by atoms with Gasteiger partial charge in [-0.15, -0.1) is 0 Å². The molecule has 7 heteroatoms. The second kappa shape index (κ2) is 4.49. The van der Waals surface area contributed by atoms with Crippen molar-refractivity contribution in [2.45, 2.75) is 19.9 Å². The van der Waals surface area contributed by atoms with Crippen LogP contribution in [0.5, 0.6) is 0 Å². The maximum Gasteiger partial charge on any atom is 0.240 e. The van der Waals surface area contributed by atoms with Crippen LogP contribution in [0.4, 0.5) is 14.7 Å². The number of nitrogens with zero attached hydrogens (tertiary/aromatic N) is 2. The molecule has 1 atom stereocenters. The highest BCUT2D eigenvalue weighted by Gasteiger charge is 2.28. The Morgan fingerprint density at radius 2 is 2.00 bits per heavy atom. The fourth-order valence-electron chi connectivity index (χ4n) is 2.18. The minimum Gasteiger partial charge on any atom is -0.369 e. The third-order valence-electron chi connectivity index (χ3n) is 2.97. The molecular weight excluding hydrogens is 254 g/mol. The van der Waals surface area contributed by atoms with Gasteiger partial charge in [0.2, 0.25) is 11.9 Å². The number of amides is 1. The molecule has 0 aliphatic carbocycles. The van der Waals surface area contributed by atoms with Gasteiger partial charge in [0.1, 0.15) is 11.6 Å². The molecule has 4 N–H and O–H groups in total. The van der Waals surface area contributed by atoms with E-state index in [9.17, 15) is 13.6 Å². The Labute approximate surface area is 108 Å². The van der Waals surface area contributed by atoms with Gasteiger partial charge in [0.25, 0.3) is 0 Å². The van der Waals surface area contributed by atoms with E-state index in [1.807, 2.05) is 0 Å². The molecule has 0 spiro atoms. The van der Waals surface area contributed by atoms with Gasteiger partial charge in [0.15, 0.2) is 11.6 Å². The lowest BCUT2D eigenvalue weighted by Gasteiger charge is -2.21. The molecule has 0 radical (unpaired) electrons. The van der Waals surface area contributed by atoms with E-state index < -0.39 is 23.6 Å². The van der Waals surface area contributed by atoms with E-state index in [1.165, 1.54) is 6.07 Å². The molecule has 19 heavy (non-hydrogen) atoms. The standard InChI is InChI=1S/C12H14F2N4O/c1-5(2)9(11(15)19)18-10-7(17-12(18)16)4-3-6(13)8(10)14/h3-5,9H,1-2H3,(H2,15,19)(H2,16,17). The summed E-state index contributed by atoms with van der Waals surface area (Å²) in [6, 6.07) is 1.38. The summed E-state index contributed by atoms with van der Waals surface area (Å²) in [7, 11) is 0. The van der Waals surface area contributed by atoms with Crippen molar-refractivity contribution in [3.8, 4) is 0 Å². The number of halogens is 2. The van der Waals surface area contributed by atoms with Crippen LogP contribution >= 0.6 is 0 Å². The molecule has 1 heterocycles. The number of imidazole rings is 1. The lowest BCUT2D eigenvalue weighted by atomic mass is 10.0. The minimum absolute atomic E-state index is 0.0722. The summed E-state index contributed by atoms with van der Waals surface area (Å²) >= 11 is 0. The smallest absolute Gasteiger partial charge is 0.240 e. The molecule has 0 aliphatic rings. The number of hydrogen-bond donors (Lipinski definition) is 2. The van der Waals surface area contributed by atoms with Crippen LogP contribution in [0, 0.1) is 17.6 Å². The number of fused-ring (bicyclic) bond motifs is 1. The third kappa shape index (κ3) is 2.00. The maximum atomic E-state index is 13.9. The van der Waals surface area contributed by atoms with Crippen LogP contribution in [0.25, 0.3) is 11.0 Å². The van der Waals surface area contributed by atoms with Gasteiger partial charge in [0.05, 0.1) is 5.52 Å². The van der Waals surface area contributed by atoms with Gasteiger partial charge in [-0.3, -0.25) is 9.36 Å². The van der Waals surface area contributed by atoms with Crippen LogP contribution in [0.2, 0.25) is 0 Å². The number of anilines is 1. The minimum atomic E-state index is -1.09. The quantitative estimate of drug-likeness (QED) is 0.886. The van der Waals surface area contributed by atoms with E-state index in [2.05, 4.69) is 4.98 Å². The van der Waals surface area contributed by atoms with Crippen LogP contribution in [0.1, 0.15) is 19.9 Å². The number of nitrogen functional groups attached to an aromatic ring is 1. The Morgan fingerprint density at radius 1 is 1.37 bits per heavy atom. The average Bonchev–Trinajstić information content (AvgIpc) is 2.61. The Morgan fingerprint density at radius 3 is 2.53 bits per heavy atom. The van der Waals surface area contributed by atoms with E-state index in [1.54, 1.807) is 13.8 Å². The molecule has 102 valence electrons. The van der Waals surface area contributed by atoms with Gasteiger partial charge in [-0.05, 0) is 18.1 Å². The van der Waals surface area contributed by atoms with E-state index in [-0.39, 0.29) is 22.9 Å². The number of primary amides is 1.